The number of fused-ring (bicyclic) bond motifs is 1. The molecule has 0 atom stereocenters. The molecule has 21 heavy (non-hydrogen) atoms. The minimum atomic E-state index is -0.284. The van der Waals surface area contributed by atoms with Crippen LogP contribution < -0.4 is 0 Å². The predicted molar refractivity (Wildman–Crippen MR) is 79.7 cm³/mol. The summed E-state index contributed by atoms with van der Waals surface area (Å²) in [5.41, 5.74) is 1.80. The average Bonchev–Trinajstić information content (AvgIpc) is 2.95. The Morgan fingerprint density at radius 2 is 1.90 bits per heavy atom. The van der Waals surface area contributed by atoms with Crippen LogP contribution in [-0.4, -0.2) is 14.6 Å². The van der Waals surface area contributed by atoms with Gasteiger partial charge in [0, 0.05) is 11.0 Å². The van der Waals surface area contributed by atoms with E-state index in [0.717, 1.165) is 16.3 Å². The molecule has 0 fully saturated rings. The van der Waals surface area contributed by atoms with Crippen molar-refractivity contribution in [2.24, 2.45) is 0 Å². The van der Waals surface area contributed by atoms with Crippen LogP contribution in [0.3, 0.4) is 0 Å². The molecule has 106 valence electrons. The van der Waals surface area contributed by atoms with Crippen LogP contribution in [-0.2, 0) is 5.41 Å². The number of rotatable bonds is 1. The van der Waals surface area contributed by atoms with Crippen LogP contribution in [0.2, 0.25) is 0 Å². The third-order valence-electron chi connectivity index (χ3n) is 3.11. The summed E-state index contributed by atoms with van der Waals surface area (Å²) in [6.07, 6.45) is 0. The van der Waals surface area contributed by atoms with Gasteiger partial charge in [-0.15, -0.1) is 0 Å². The second kappa shape index (κ2) is 4.64. The zero-order valence-corrected chi connectivity index (χ0v) is 12.7. The molecule has 0 spiro atoms. The van der Waals surface area contributed by atoms with E-state index >= 15 is 0 Å². The summed E-state index contributed by atoms with van der Waals surface area (Å²) in [6, 6.07) is 8.31. The van der Waals surface area contributed by atoms with Gasteiger partial charge in [0.15, 0.2) is 5.69 Å². The van der Waals surface area contributed by atoms with Crippen molar-refractivity contribution in [2.75, 3.05) is 0 Å². The highest BCUT2D eigenvalue weighted by atomic mass is 32.1. The first-order valence-corrected chi connectivity index (χ1v) is 7.28. The van der Waals surface area contributed by atoms with Crippen LogP contribution in [0.25, 0.3) is 15.5 Å². The SMILES string of the molecule is CC(C)(C)c1nc2sc(-c3ccc(F)cc3)nn2c1C#N. The molecule has 0 saturated heterocycles. The van der Waals surface area contributed by atoms with E-state index in [1.807, 2.05) is 20.8 Å². The lowest BCUT2D eigenvalue weighted by Gasteiger charge is -2.14. The Hall–Kier alpha value is -2.26. The van der Waals surface area contributed by atoms with Crippen molar-refractivity contribution >= 4 is 16.3 Å². The van der Waals surface area contributed by atoms with E-state index in [4.69, 9.17) is 0 Å². The molecule has 0 aliphatic rings. The highest BCUT2D eigenvalue weighted by Crippen LogP contribution is 2.31. The number of aromatic nitrogens is 3. The number of halogens is 1. The van der Waals surface area contributed by atoms with Gasteiger partial charge in [0.1, 0.15) is 16.9 Å². The molecule has 0 aliphatic carbocycles. The lowest BCUT2D eigenvalue weighted by atomic mass is 9.91. The van der Waals surface area contributed by atoms with E-state index in [-0.39, 0.29) is 11.2 Å². The Labute approximate surface area is 125 Å². The van der Waals surface area contributed by atoms with Crippen LogP contribution in [0.15, 0.2) is 24.3 Å². The summed E-state index contributed by atoms with van der Waals surface area (Å²) in [7, 11) is 0. The van der Waals surface area contributed by atoms with Gasteiger partial charge in [-0.05, 0) is 24.3 Å². The van der Waals surface area contributed by atoms with Gasteiger partial charge in [-0.3, -0.25) is 0 Å². The topological polar surface area (TPSA) is 54.0 Å². The molecule has 0 unspecified atom stereocenters. The van der Waals surface area contributed by atoms with E-state index in [0.29, 0.717) is 10.7 Å². The average molecular weight is 300 g/mol. The zero-order valence-electron chi connectivity index (χ0n) is 11.9. The first-order chi connectivity index (χ1) is 9.90. The molecule has 2 heterocycles. The summed E-state index contributed by atoms with van der Waals surface area (Å²) in [5.74, 6) is -0.284. The quantitative estimate of drug-likeness (QED) is 0.687. The van der Waals surface area contributed by atoms with Gasteiger partial charge in [-0.25, -0.2) is 9.37 Å². The maximum absolute atomic E-state index is 13.0. The molecular weight excluding hydrogens is 287 g/mol. The lowest BCUT2D eigenvalue weighted by Crippen LogP contribution is -2.14. The molecule has 1 aromatic carbocycles. The van der Waals surface area contributed by atoms with E-state index in [1.54, 1.807) is 16.6 Å². The van der Waals surface area contributed by atoms with Gasteiger partial charge in [0.25, 0.3) is 0 Å². The zero-order chi connectivity index (χ0) is 15.2. The van der Waals surface area contributed by atoms with Crippen molar-refractivity contribution in [2.45, 2.75) is 26.2 Å². The molecule has 0 N–H and O–H groups in total. The maximum atomic E-state index is 13.0. The summed E-state index contributed by atoms with van der Waals surface area (Å²) in [6.45, 7) is 6.05. The summed E-state index contributed by atoms with van der Waals surface area (Å²) in [4.78, 5) is 5.22. The molecule has 0 amide bonds. The van der Waals surface area contributed by atoms with Gasteiger partial charge in [-0.2, -0.15) is 14.9 Å². The van der Waals surface area contributed by atoms with Gasteiger partial charge in [0.05, 0.1) is 5.69 Å². The predicted octanol–water partition coefficient (Wildman–Crippen LogP) is 3.77. The van der Waals surface area contributed by atoms with Gasteiger partial charge in [-0.1, -0.05) is 32.1 Å². The van der Waals surface area contributed by atoms with Crippen molar-refractivity contribution in [3.8, 4) is 16.6 Å². The third-order valence-corrected chi connectivity index (χ3v) is 4.07. The minimum Gasteiger partial charge on any atom is -0.221 e. The van der Waals surface area contributed by atoms with Crippen LogP contribution in [0.5, 0.6) is 0 Å². The number of hydrogen-bond acceptors (Lipinski definition) is 4. The number of nitriles is 1. The molecule has 3 aromatic rings. The first kappa shape index (κ1) is 13.7. The number of nitrogens with zero attached hydrogens (tertiary/aromatic N) is 4. The normalized spacial score (nSPS) is 11.8. The largest absolute Gasteiger partial charge is 0.221 e. The second-order valence-corrected chi connectivity index (χ2v) is 6.74. The van der Waals surface area contributed by atoms with E-state index < -0.39 is 0 Å². The number of imidazole rings is 1. The van der Waals surface area contributed by atoms with E-state index in [2.05, 4.69) is 16.2 Å². The Morgan fingerprint density at radius 1 is 1.24 bits per heavy atom. The highest BCUT2D eigenvalue weighted by Gasteiger charge is 2.26. The van der Waals surface area contributed by atoms with Crippen molar-refractivity contribution < 1.29 is 4.39 Å². The molecule has 6 heteroatoms. The Balaban J connectivity index is 2.17. The molecule has 0 saturated carbocycles. The fourth-order valence-corrected chi connectivity index (χ4v) is 2.99. The number of hydrogen-bond donors (Lipinski definition) is 0. The highest BCUT2D eigenvalue weighted by molar-refractivity contribution is 7.19. The van der Waals surface area contributed by atoms with Crippen LogP contribution >= 0.6 is 11.3 Å². The van der Waals surface area contributed by atoms with E-state index in [9.17, 15) is 9.65 Å². The summed E-state index contributed by atoms with van der Waals surface area (Å²) >= 11 is 1.39. The third kappa shape index (κ3) is 2.30. The molecule has 2 aromatic heterocycles. The fourth-order valence-electron chi connectivity index (χ4n) is 2.08. The summed E-state index contributed by atoms with van der Waals surface area (Å²) < 4.78 is 14.5. The van der Waals surface area contributed by atoms with Crippen molar-refractivity contribution in [1.29, 1.82) is 5.26 Å². The molecule has 3 rings (SSSR count). The van der Waals surface area contributed by atoms with E-state index in [1.165, 1.54) is 23.5 Å². The molecule has 0 bridgehead atoms. The Kier molecular flexibility index (Phi) is 3.03. The van der Waals surface area contributed by atoms with Crippen molar-refractivity contribution in [3.05, 3.63) is 41.5 Å². The van der Waals surface area contributed by atoms with Crippen molar-refractivity contribution in [1.82, 2.24) is 14.6 Å². The van der Waals surface area contributed by atoms with Gasteiger partial charge < -0.3 is 0 Å². The monoisotopic (exact) mass is 300 g/mol. The minimum absolute atomic E-state index is 0.214. The van der Waals surface area contributed by atoms with Gasteiger partial charge >= 0.3 is 0 Å². The molecule has 0 aliphatic heterocycles. The summed E-state index contributed by atoms with van der Waals surface area (Å²) in [5, 5.41) is 14.6. The van der Waals surface area contributed by atoms with Crippen LogP contribution in [0.4, 0.5) is 4.39 Å². The van der Waals surface area contributed by atoms with Crippen molar-refractivity contribution in [3.63, 3.8) is 0 Å². The van der Waals surface area contributed by atoms with Gasteiger partial charge in [0.2, 0.25) is 4.96 Å². The molecule has 4 nitrogen and oxygen atoms in total. The molecular formula is C15H13FN4S. The van der Waals surface area contributed by atoms with Crippen LogP contribution in [0, 0.1) is 17.1 Å². The first-order valence-electron chi connectivity index (χ1n) is 6.46. The Bertz CT molecular complexity index is 847. The van der Waals surface area contributed by atoms with Crippen LogP contribution in [0.1, 0.15) is 32.2 Å². The maximum Gasteiger partial charge on any atom is 0.214 e. The number of benzene rings is 1. The standard InChI is InChI=1S/C15H13FN4S/c1-15(2,3)12-11(8-17)20-14(18-12)21-13(19-20)9-4-6-10(16)7-5-9/h4-7H,1-3H3. The molecule has 0 radical (unpaired) electrons. The smallest absolute Gasteiger partial charge is 0.214 e. The second-order valence-electron chi connectivity index (χ2n) is 5.78. The Morgan fingerprint density at radius 3 is 2.48 bits per heavy atom. The lowest BCUT2D eigenvalue weighted by molar-refractivity contribution is 0.570. The fraction of sp³-hybridized carbons (Fsp3) is 0.267.